The first-order chi connectivity index (χ1) is 11.8. The quantitative estimate of drug-likeness (QED) is 0.800. The van der Waals surface area contributed by atoms with Crippen LogP contribution >= 0.6 is 15.9 Å². The number of hydrogen-bond donors (Lipinski definition) is 1. The Hall–Kier alpha value is -2.09. The van der Waals surface area contributed by atoms with Crippen molar-refractivity contribution >= 4 is 27.6 Å². The molecule has 2 aliphatic rings. The molecule has 25 heavy (non-hydrogen) atoms. The molecule has 1 fully saturated rings. The van der Waals surface area contributed by atoms with E-state index < -0.39 is 35.5 Å². The summed E-state index contributed by atoms with van der Waals surface area (Å²) in [5, 5.41) is 2.79. The fourth-order valence-electron chi connectivity index (χ4n) is 3.13. The van der Waals surface area contributed by atoms with Crippen LogP contribution < -0.4 is 10.2 Å². The van der Waals surface area contributed by atoms with Gasteiger partial charge in [0.2, 0.25) is 0 Å². The number of benzene rings is 1. The van der Waals surface area contributed by atoms with Gasteiger partial charge in [0.15, 0.2) is 0 Å². The summed E-state index contributed by atoms with van der Waals surface area (Å²) in [7, 11) is 0. The van der Waals surface area contributed by atoms with E-state index >= 15 is 0 Å². The van der Waals surface area contributed by atoms with E-state index in [9.17, 15) is 18.0 Å². The Balaban J connectivity index is 1.62. The van der Waals surface area contributed by atoms with Gasteiger partial charge in [-0.1, -0.05) is 12.1 Å². The van der Waals surface area contributed by atoms with Crippen LogP contribution in [0, 0.1) is 5.82 Å². The minimum Gasteiger partial charge on any atom is -0.328 e. The van der Waals surface area contributed by atoms with Crippen LogP contribution in [0.2, 0.25) is 0 Å². The Bertz CT molecular complexity index is 870. The molecule has 1 saturated carbocycles. The standard InChI is InChI=1S/C17H13BrF3N3O/c18-11-7-13-14(22-8-11)17(20,21)9-24(13)15(25)23-16(4-5-16)10-2-1-3-12(19)6-10/h1-3,6-8H,4-5,9H2,(H,23,25). The third-order valence-corrected chi connectivity index (χ3v) is 4.98. The number of fused-ring (bicyclic) bond motifs is 1. The fourth-order valence-corrected chi connectivity index (χ4v) is 3.44. The van der Waals surface area contributed by atoms with E-state index in [1.807, 2.05) is 0 Å². The number of halogens is 4. The minimum atomic E-state index is -3.21. The molecule has 0 radical (unpaired) electrons. The Labute approximate surface area is 150 Å². The first kappa shape index (κ1) is 16.4. The SMILES string of the molecule is O=C(NC1(c2cccc(F)c2)CC1)N1CC(F)(F)c2ncc(Br)cc21. The lowest BCUT2D eigenvalue weighted by Crippen LogP contribution is -2.45. The molecule has 1 N–H and O–H groups in total. The van der Waals surface area contributed by atoms with Crippen LogP contribution in [0.25, 0.3) is 0 Å². The van der Waals surface area contributed by atoms with Crippen molar-refractivity contribution in [1.82, 2.24) is 10.3 Å². The average Bonchev–Trinajstić information content (AvgIpc) is 3.27. The number of urea groups is 1. The number of rotatable bonds is 2. The van der Waals surface area contributed by atoms with Gasteiger partial charge < -0.3 is 5.32 Å². The number of hydrogen-bond acceptors (Lipinski definition) is 2. The van der Waals surface area contributed by atoms with Gasteiger partial charge in [0.25, 0.3) is 0 Å². The smallest absolute Gasteiger partial charge is 0.322 e. The lowest BCUT2D eigenvalue weighted by Gasteiger charge is -2.24. The van der Waals surface area contributed by atoms with E-state index in [-0.39, 0.29) is 5.69 Å². The topological polar surface area (TPSA) is 45.2 Å². The number of anilines is 1. The van der Waals surface area contributed by atoms with Crippen molar-refractivity contribution in [2.75, 3.05) is 11.4 Å². The molecule has 8 heteroatoms. The summed E-state index contributed by atoms with van der Waals surface area (Å²) in [5.41, 5.74) is -0.399. The second-order valence-corrected chi connectivity index (χ2v) is 7.25. The van der Waals surface area contributed by atoms with E-state index in [0.717, 1.165) is 4.90 Å². The lowest BCUT2D eigenvalue weighted by molar-refractivity contribution is 0.0107. The summed E-state index contributed by atoms with van der Waals surface area (Å²) in [5.74, 6) is -3.60. The Morgan fingerprint density at radius 3 is 2.72 bits per heavy atom. The zero-order valence-corrected chi connectivity index (χ0v) is 14.5. The molecule has 0 unspecified atom stereocenters. The highest BCUT2D eigenvalue weighted by Crippen LogP contribution is 2.47. The van der Waals surface area contributed by atoms with E-state index in [1.54, 1.807) is 12.1 Å². The molecule has 1 aromatic heterocycles. The molecule has 0 atom stereocenters. The van der Waals surface area contributed by atoms with E-state index in [1.165, 1.54) is 24.4 Å². The van der Waals surface area contributed by atoms with Crippen LogP contribution in [-0.2, 0) is 11.5 Å². The predicted molar refractivity (Wildman–Crippen MR) is 89.0 cm³/mol. The second-order valence-electron chi connectivity index (χ2n) is 6.33. The van der Waals surface area contributed by atoms with Crippen LogP contribution in [0.3, 0.4) is 0 Å². The van der Waals surface area contributed by atoms with Crippen molar-refractivity contribution in [3.05, 3.63) is 58.1 Å². The maximum absolute atomic E-state index is 14.2. The number of carbonyl (C=O) groups is 1. The number of alkyl halides is 2. The van der Waals surface area contributed by atoms with Crippen molar-refractivity contribution < 1.29 is 18.0 Å². The average molecular weight is 412 g/mol. The number of nitrogens with zero attached hydrogens (tertiary/aromatic N) is 2. The van der Waals surface area contributed by atoms with Gasteiger partial charge in [-0.15, -0.1) is 0 Å². The molecule has 2 heterocycles. The van der Waals surface area contributed by atoms with Gasteiger partial charge in [0.05, 0.1) is 17.8 Å². The highest BCUT2D eigenvalue weighted by atomic mass is 79.9. The summed E-state index contributed by atoms with van der Waals surface area (Å²) >= 11 is 3.19. The fraction of sp³-hybridized carbons (Fsp3) is 0.294. The van der Waals surface area contributed by atoms with Gasteiger partial charge in [-0.2, -0.15) is 8.78 Å². The van der Waals surface area contributed by atoms with Crippen LogP contribution in [-0.4, -0.2) is 17.6 Å². The Kier molecular flexibility index (Phi) is 3.57. The van der Waals surface area contributed by atoms with Gasteiger partial charge in [0, 0.05) is 10.7 Å². The maximum atomic E-state index is 14.2. The minimum absolute atomic E-state index is 0.0758. The zero-order chi connectivity index (χ0) is 17.8. The second kappa shape index (κ2) is 5.45. The molecule has 1 aliphatic heterocycles. The largest absolute Gasteiger partial charge is 0.328 e. The summed E-state index contributed by atoms with van der Waals surface area (Å²) in [4.78, 5) is 17.4. The van der Waals surface area contributed by atoms with Crippen LogP contribution in [0.5, 0.6) is 0 Å². The van der Waals surface area contributed by atoms with Crippen molar-refractivity contribution in [2.24, 2.45) is 0 Å². The number of aromatic nitrogens is 1. The predicted octanol–water partition coefficient (Wildman–Crippen LogP) is 4.29. The molecule has 2 aromatic rings. The Morgan fingerprint density at radius 1 is 1.28 bits per heavy atom. The summed E-state index contributed by atoms with van der Waals surface area (Å²) in [6.07, 6.45) is 2.55. The maximum Gasteiger partial charge on any atom is 0.322 e. The Morgan fingerprint density at radius 2 is 2.04 bits per heavy atom. The van der Waals surface area contributed by atoms with Gasteiger partial charge in [-0.05, 0) is 52.5 Å². The highest BCUT2D eigenvalue weighted by molar-refractivity contribution is 9.10. The molecule has 1 aromatic carbocycles. The number of pyridine rings is 1. The number of amides is 2. The van der Waals surface area contributed by atoms with Crippen molar-refractivity contribution in [2.45, 2.75) is 24.3 Å². The van der Waals surface area contributed by atoms with E-state index in [0.29, 0.717) is 22.9 Å². The van der Waals surface area contributed by atoms with E-state index in [4.69, 9.17) is 0 Å². The van der Waals surface area contributed by atoms with Crippen molar-refractivity contribution in [1.29, 1.82) is 0 Å². The molecular weight excluding hydrogens is 399 g/mol. The van der Waals surface area contributed by atoms with Gasteiger partial charge in [-0.25, -0.2) is 9.18 Å². The molecule has 0 saturated heterocycles. The molecule has 0 spiro atoms. The molecule has 0 bridgehead atoms. The van der Waals surface area contributed by atoms with Crippen molar-refractivity contribution in [3.8, 4) is 0 Å². The molecule has 1 aliphatic carbocycles. The monoisotopic (exact) mass is 411 g/mol. The summed E-state index contributed by atoms with van der Waals surface area (Å²) in [6, 6.07) is 6.78. The molecular formula is C17H13BrF3N3O. The van der Waals surface area contributed by atoms with Crippen LogP contribution in [0.15, 0.2) is 41.0 Å². The van der Waals surface area contributed by atoms with Gasteiger partial charge in [0.1, 0.15) is 11.5 Å². The van der Waals surface area contributed by atoms with Gasteiger partial charge >= 0.3 is 12.0 Å². The summed E-state index contributed by atoms with van der Waals surface area (Å²) in [6.45, 7) is -0.767. The first-order valence-electron chi connectivity index (χ1n) is 7.70. The molecule has 2 amide bonds. The van der Waals surface area contributed by atoms with Crippen LogP contribution in [0.4, 0.5) is 23.7 Å². The number of carbonyl (C=O) groups excluding carboxylic acids is 1. The lowest BCUT2D eigenvalue weighted by atomic mass is 10.1. The van der Waals surface area contributed by atoms with Crippen molar-refractivity contribution in [3.63, 3.8) is 0 Å². The first-order valence-corrected chi connectivity index (χ1v) is 8.50. The number of nitrogens with one attached hydrogen (secondary N) is 1. The normalized spacial score (nSPS) is 19.4. The highest BCUT2D eigenvalue weighted by Gasteiger charge is 2.51. The molecule has 4 nitrogen and oxygen atoms in total. The van der Waals surface area contributed by atoms with Gasteiger partial charge in [-0.3, -0.25) is 9.88 Å². The summed E-state index contributed by atoms with van der Waals surface area (Å²) < 4.78 is 42.3. The molecule has 130 valence electrons. The molecule has 4 rings (SSSR count). The van der Waals surface area contributed by atoms with E-state index in [2.05, 4.69) is 26.2 Å². The third kappa shape index (κ3) is 2.78. The zero-order valence-electron chi connectivity index (χ0n) is 12.9. The third-order valence-electron chi connectivity index (χ3n) is 4.55. The van der Waals surface area contributed by atoms with Crippen LogP contribution in [0.1, 0.15) is 24.1 Å².